The molecule has 6 heteroatoms. The number of hydrogen-bond donors (Lipinski definition) is 2. The minimum atomic E-state index is -3.43. The lowest BCUT2D eigenvalue weighted by atomic mass is 9.82. The minimum absolute atomic E-state index is 0.258. The van der Waals surface area contributed by atoms with Crippen molar-refractivity contribution in [2.75, 3.05) is 30.8 Å². The summed E-state index contributed by atoms with van der Waals surface area (Å²) in [5, 5.41) is 0. The van der Waals surface area contributed by atoms with Gasteiger partial charge in [0.25, 0.3) is 0 Å². The van der Waals surface area contributed by atoms with Crippen LogP contribution in [0.3, 0.4) is 0 Å². The number of nitrogen functional groups attached to an aromatic ring is 1. The van der Waals surface area contributed by atoms with Gasteiger partial charge in [-0.25, -0.2) is 13.1 Å². The first kappa shape index (κ1) is 15.1. The average molecular weight is 297 g/mol. The second kappa shape index (κ2) is 5.26. The van der Waals surface area contributed by atoms with Crippen molar-refractivity contribution in [3.05, 3.63) is 18.2 Å². The van der Waals surface area contributed by atoms with Crippen molar-refractivity contribution in [2.24, 2.45) is 5.41 Å². The quantitative estimate of drug-likeness (QED) is 0.834. The largest absolute Gasteiger partial charge is 0.397 e. The van der Waals surface area contributed by atoms with Crippen molar-refractivity contribution in [2.45, 2.75) is 31.6 Å². The number of nitrogens with zero attached hydrogens (tertiary/aromatic N) is 1. The number of anilines is 2. The molecular formula is C14H23N3O2S. The summed E-state index contributed by atoms with van der Waals surface area (Å²) in [5.74, 6) is 0. The standard InChI is InChI=1S/C14H23N3O2S/c1-14(2)6-8-17(9-7-14)13-10-11(4-5-12(13)15)20(18,19)16-3/h4-5,10,16H,6-9,15H2,1-3H3. The highest BCUT2D eigenvalue weighted by Gasteiger charge is 2.26. The monoisotopic (exact) mass is 297 g/mol. The van der Waals surface area contributed by atoms with E-state index in [0.29, 0.717) is 11.1 Å². The molecule has 0 atom stereocenters. The third-order valence-electron chi connectivity index (χ3n) is 4.04. The first-order chi connectivity index (χ1) is 9.25. The minimum Gasteiger partial charge on any atom is -0.397 e. The summed E-state index contributed by atoms with van der Waals surface area (Å²) in [6.07, 6.45) is 2.16. The highest BCUT2D eigenvalue weighted by atomic mass is 32.2. The van der Waals surface area contributed by atoms with Gasteiger partial charge in [-0.2, -0.15) is 0 Å². The molecule has 1 heterocycles. The third-order valence-corrected chi connectivity index (χ3v) is 5.45. The predicted molar refractivity (Wildman–Crippen MR) is 82.3 cm³/mol. The van der Waals surface area contributed by atoms with Gasteiger partial charge in [0.2, 0.25) is 10.0 Å². The maximum absolute atomic E-state index is 11.9. The van der Waals surface area contributed by atoms with Crippen LogP contribution in [0.15, 0.2) is 23.1 Å². The van der Waals surface area contributed by atoms with Crippen molar-refractivity contribution >= 4 is 21.4 Å². The molecule has 0 aromatic heterocycles. The van der Waals surface area contributed by atoms with E-state index in [9.17, 15) is 8.42 Å². The van der Waals surface area contributed by atoms with Crippen LogP contribution in [-0.4, -0.2) is 28.6 Å². The Morgan fingerprint density at radius 2 is 1.85 bits per heavy atom. The first-order valence-corrected chi connectivity index (χ1v) is 8.31. The summed E-state index contributed by atoms with van der Waals surface area (Å²) in [4.78, 5) is 2.43. The topological polar surface area (TPSA) is 75.4 Å². The molecule has 2 rings (SSSR count). The van der Waals surface area contributed by atoms with Crippen molar-refractivity contribution in [3.8, 4) is 0 Å². The van der Waals surface area contributed by atoms with Gasteiger partial charge in [0.05, 0.1) is 16.3 Å². The second-order valence-corrected chi connectivity index (χ2v) is 7.97. The van der Waals surface area contributed by atoms with Gasteiger partial charge in [0.1, 0.15) is 0 Å². The lowest BCUT2D eigenvalue weighted by Crippen LogP contribution is -2.37. The van der Waals surface area contributed by atoms with Crippen LogP contribution < -0.4 is 15.4 Å². The van der Waals surface area contributed by atoms with Crippen LogP contribution in [0, 0.1) is 5.41 Å². The molecule has 0 saturated carbocycles. The molecule has 1 aromatic rings. The number of hydrogen-bond acceptors (Lipinski definition) is 4. The Morgan fingerprint density at radius 3 is 2.40 bits per heavy atom. The third kappa shape index (κ3) is 3.07. The SMILES string of the molecule is CNS(=O)(=O)c1ccc(N)c(N2CCC(C)(C)CC2)c1. The summed E-state index contributed by atoms with van der Waals surface area (Å²) in [6, 6.07) is 4.87. The number of rotatable bonds is 3. The van der Waals surface area contributed by atoms with Gasteiger partial charge in [-0.05, 0) is 43.5 Å². The number of nitrogens with two attached hydrogens (primary N) is 1. The van der Waals surface area contributed by atoms with Gasteiger partial charge >= 0.3 is 0 Å². The molecule has 1 aromatic carbocycles. The van der Waals surface area contributed by atoms with E-state index < -0.39 is 10.0 Å². The molecule has 5 nitrogen and oxygen atoms in total. The van der Waals surface area contributed by atoms with Crippen molar-refractivity contribution in [1.29, 1.82) is 0 Å². The fraction of sp³-hybridized carbons (Fsp3) is 0.571. The average Bonchev–Trinajstić information content (AvgIpc) is 2.39. The predicted octanol–water partition coefficient (Wildman–Crippen LogP) is 1.80. The molecule has 112 valence electrons. The number of nitrogens with one attached hydrogen (secondary N) is 1. The summed E-state index contributed by atoms with van der Waals surface area (Å²) < 4.78 is 26.1. The van der Waals surface area contributed by atoms with Gasteiger partial charge in [-0.15, -0.1) is 0 Å². The van der Waals surface area contributed by atoms with Gasteiger partial charge in [0.15, 0.2) is 0 Å². The Labute approximate surface area is 121 Å². The molecule has 0 radical (unpaired) electrons. The lowest BCUT2D eigenvalue weighted by Gasteiger charge is -2.38. The highest BCUT2D eigenvalue weighted by Crippen LogP contribution is 2.35. The van der Waals surface area contributed by atoms with E-state index in [2.05, 4.69) is 23.5 Å². The maximum atomic E-state index is 11.9. The van der Waals surface area contributed by atoms with Crippen LogP contribution >= 0.6 is 0 Å². The van der Waals surface area contributed by atoms with Crippen LogP contribution in [0.2, 0.25) is 0 Å². The van der Waals surface area contributed by atoms with Crippen molar-refractivity contribution in [3.63, 3.8) is 0 Å². The highest BCUT2D eigenvalue weighted by molar-refractivity contribution is 7.89. The van der Waals surface area contributed by atoms with Gasteiger partial charge in [0, 0.05) is 13.1 Å². The molecular weight excluding hydrogens is 274 g/mol. The van der Waals surface area contributed by atoms with E-state index in [-0.39, 0.29) is 4.90 Å². The number of piperidine rings is 1. The zero-order chi connectivity index (χ0) is 15.0. The Balaban J connectivity index is 2.31. The first-order valence-electron chi connectivity index (χ1n) is 6.83. The Morgan fingerprint density at radius 1 is 1.25 bits per heavy atom. The molecule has 1 saturated heterocycles. The zero-order valence-corrected chi connectivity index (χ0v) is 13.1. The summed E-state index contributed by atoms with van der Waals surface area (Å²) in [7, 11) is -2.02. The molecule has 0 aliphatic carbocycles. The van der Waals surface area contributed by atoms with Crippen LogP contribution in [0.1, 0.15) is 26.7 Å². The molecule has 0 unspecified atom stereocenters. The molecule has 0 amide bonds. The Bertz CT molecular complexity index is 586. The molecule has 1 aliphatic heterocycles. The van der Waals surface area contributed by atoms with Gasteiger partial charge < -0.3 is 10.6 Å². The normalized spacial score (nSPS) is 19.1. The number of benzene rings is 1. The van der Waals surface area contributed by atoms with Gasteiger partial charge in [-0.3, -0.25) is 0 Å². The van der Waals surface area contributed by atoms with E-state index in [1.807, 2.05) is 0 Å². The van der Waals surface area contributed by atoms with E-state index in [1.54, 1.807) is 18.2 Å². The van der Waals surface area contributed by atoms with Crippen LogP contribution in [0.4, 0.5) is 11.4 Å². The van der Waals surface area contributed by atoms with Crippen molar-refractivity contribution in [1.82, 2.24) is 4.72 Å². The second-order valence-electron chi connectivity index (χ2n) is 6.08. The zero-order valence-electron chi connectivity index (χ0n) is 12.3. The summed E-state index contributed by atoms with van der Waals surface area (Å²) >= 11 is 0. The molecule has 3 N–H and O–H groups in total. The summed E-state index contributed by atoms with van der Waals surface area (Å²) in [6.45, 7) is 6.33. The Kier molecular flexibility index (Phi) is 3.97. The van der Waals surface area contributed by atoms with Gasteiger partial charge in [-0.1, -0.05) is 13.8 Å². The molecule has 0 bridgehead atoms. The fourth-order valence-electron chi connectivity index (χ4n) is 2.44. The van der Waals surface area contributed by atoms with E-state index in [4.69, 9.17) is 5.73 Å². The molecule has 0 spiro atoms. The van der Waals surface area contributed by atoms with Crippen LogP contribution in [0.25, 0.3) is 0 Å². The lowest BCUT2D eigenvalue weighted by molar-refractivity contribution is 0.280. The summed E-state index contributed by atoms with van der Waals surface area (Å²) in [5.41, 5.74) is 7.80. The number of sulfonamides is 1. The molecule has 1 aliphatic rings. The molecule has 20 heavy (non-hydrogen) atoms. The maximum Gasteiger partial charge on any atom is 0.240 e. The van der Waals surface area contributed by atoms with E-state index >= 15 is 0 Å². The van der Waals surface area contributed by atoms with E-state index in [1.165, 1.54) is 7.05 Å². The fourth-order valence-corrected chi connectivity index (χ4v) is 3.18. The van der Waals surface area contributed by atoms with Crippen LogP contribution in [-0.2, 0) is 10.0 Å². The van der Waals surface area contributed by atoms with E-state index in [0.717, 1.165) is 31.6 Å². The van der Waals surface area contributed by atoms with Crippen molar-refractivity contribution < 1.29 is 8.42 Å². The Hall–Kier alpha value is -1.27. The molecule has 1 fully saturated rings. The smallest absolute Gasteiger partial charge is 0.240 e. The van der Waals surface area contributed by atoms with Crippen LogP contribution in [0.5, 0.6) is 0 Å².